The highest BCUT2D eigenvalue weighted by Gasteiger charge is 2.17. The van der Waals surface area contributed by atoms with Gasteiger partial charge in [-0.25, -0.2) is 0 Å². The minimum absolute atomic E-state index is 0.336. The van der Waals surface area contributed by atoms with Crippen LogP contribution >= 0.6 is 11.5 Å². The molecule has 0 aliphatic rings. The van der Waals surface area contributed by atoms with E-state index in [2.05, 4.69) is 42.3 Å². The fourth-order valence-electron chi connectivity index (χ4n) is 1.58. The van der Waals surface area contributed by atoms with Gasteiger partial charge in [0.2, 0.25) is 0 Å². The second kappa shape index (κ2) is 5.98. The second-order valence-electron chi connectivity index (χ2n) is 3.71. The highest BCUT2D eigenvalue weighted by atomic mass is 32.1. The van der Waals surface area contributed by atoms with Crippen molar-refractivity contribution in [1.29, 1.82) is 0 Å². The first-order chi connectivity index (χ1) is 7.19. The molecule has 4 heteroatoms. The molecule has 0 amide bonds. The third kappa shape index (κ3) is 3.39. The van der Waals surface area contributed by atoms with Crippen LogP contribution in [0.15, 0.2) is 12.2 Å². The van der Waals surface area contributed by atoms with Crippen molar-refractivity contribution in [2.24, 2.45) is 0 Å². The molecule has 84 valence electrons. The number of rotatable bonds is 6. The highest BCUT2D eigenvalue weighted by Crippen LogP contribution is 2.25. The van der Waals surface area contributed by atoms with Gasteiger partial charge in [0.05, 0.1) is 10.6 Å². The van der Waals surface area contributed by atoms with Crippen molar-refractivity contribution >= 4 is 11.5 Å². The standard InChI is InChI=1S/C11H19N3S/c1-5-9-11(15-14-13-9)10(12-6-2)7-8(3)4/h10,12H,3,5-7H2,1-2,4H3. The first-order valence-corrected chi connectivity index (χ1v) is 6.15. The predicted octanol–water partition coefficient (Wildman–Crippen LogP) is 2.72. The summed E-state index contributed by atoms with van der Waals surface area (Å²) in [6, 6.07) is 0.336. The molecule has 1 aromatic heterocycles. The number of hydrogen-bond acceptors (Lipinski definition) is 4. The van der Waals surface area contributed by atoms with Gasteiger partial charge in [0.25, 0.3) is 0 Å². The molecule has 0 aliphatic heterocycles. The van der Waals surface area contributed by atoms with E-state index in [1.165, 1.54) is 22.0 Å². The number of aromatic nitrogens is 2. The Bertz CT molecular complexity index is 319. The van der Waals surface area contributed by atoms with Crippen molar-refractivity contribution < 1.29 is 0 Å². The Hall–Kier alpha value is -0.740. The molecule has 0 spiro atoms. The van der Waals surface area contributed by atoms with Gasteiger partial charge in [-0.1, -0.05) is 23.9 Å². The lowest BCUT2D eigenvalue weighted by molar-refractivity contribution is 0.551. The van der Waals surface area contributed by atoms with Crippen LogP contribution in [0.4, 0.5) is 0 Å². The molecular formula is C11H19N3S. The minimum Gasteiger partial charge on any atom is -0.309 e. The lowest BCUT2D eigenvalue weighted by Crippen LogP contribution is -2.21. The molecule has 1 aromatic rings. The summed E-state index contributed by atoms with van der Waals surface area (Å²) in [5, 5.41) is 7.60. The van der Waals surface area contributed by atoms with Crippen molar-refractivity contribution in [3.8, 4) is 0 Å². The summed E-state index contributed by atoms with van der Waals surface area (Å²) < 4.78 is 4.03. The Morgan fingerprint density at radius 1 is 1.53 bits per heavy atom. The van der Waals surface area contributed by atoms with Crippen LogP contribution in [0.2, 0.25) is 0 Å². The summed E-state index contributed by atoms with van der Waals surface area (Å²) in [4.78, 5) is 1.27. The third-order valence-corrected chi connectivity index (χ3v) is 3.12. The number of nitrogens with one attached hydrogen (secondary N) is 1. The summed E-state index contributed by atoms with van der Waals surface area (Å²) in [6.45, 7) is 11.2. The molecule has 0 saturated carbocycles. The maximum atomic E-state index is 4.14. The van der Waals surface area contributed by atoms with Crippen LogP contribution in [-0.4, -0.2) is 16.1 Å². The quantitative estimate of drug-likeness (QED) is 0.756. The summed E-state index contributed by atoms with van der Waals surface area (Å²) in [5.41, 5.74) is 2.31. The van der Waals surface area contributed by atoms with Gasteiger partial charge in [-0.05, 0) is 37.8 Å². The van der Waals surface area contributed by atoms with Crippen molar-refractivity contribution in [3.05, 3.63) is 22.7 Å². The van der Waals surface area contributed by atoms with Gasteiger partial charge in [0, 0.05) is 6.04 Å². The molecule has 3 nitrogen and oxygen atoms in total. The van der Waals surface area contributed by atoms with Gasteiger partial charge in [-0.15, -0.1) is 11.7 Å². The number of aryl methyl sites for hydroxylation is 1. The molecule has 15 heavy (non-hydrogen) atoms. The zero-order chi connectivity index (χ0) is 11.3. The van der Waals surface area contributed by atoms with E-state index in [1.807, 2.05) is 0 Å². The Morgan fingerprint density at radius 2 is 2.27 bits per heavy atom. The first-order valence-electron chi connectivity index (χ1n) is 5.37. The van der Waals surface area contributed by atoms with E-state index in [-0.39, 0.29) is 0 Å². The van der Waals surface area contributed by atoms with Crippen molar-refractivity contribution in [1.82, 2.24) is 14.9 Å². The Morgan fingerprint density at radius 3 is 2.80 bits per heavy atom. The van der Waals surface area contributed by atoms with Crippen LogP contribution in [0.3, 0.4) is 0 Å². The highest BCUT2D eigenvalue weighted by molar-refractivity contribution is 7.05. The monoisotopic (exact) mass is 225 g/mol. The summed E-state index contributed by atoms with van der Waals surface area (Å²) in [5.74, 6) is 0. The molecule has 1 atom stereocenters. The van der Waals surface area contributed by atoms with Crippen molar-refractivity contribution in [2.75, 3.05) is 6.54 Å². The fraction of sp³-hybridized carbons (Fsp3) is 0.636. The van der Waals surface area contributed by atoms with Gasteiger partial charge in [0.1, 0.15) is 0 Å². The van der Waals surface area contributed by atoms with Gasteiger partial charge >= 0.3 is 0 Å². The van der Waals surface area contributed by atoms with Crippen LogP contribution in [-0.2, 0) is 6.42 Å². The van der Waals surface area contributed by atoms with Crippen LogP contribution in [0, 0.1) is 0 Å². The van der Waals surface area contributed by atoms with Gasteiger partial charge in [0.15, 0.2) is 0 Å². The molecule has 1 rings (SSSR count). The lowest BCUT2D eigenvalue weighted by atomic mass is 10.1. The maximum Gasteiger partial charge on any atom is 0.0801 e. The van der Waals surface area contributed by atoms with E-state index in [0.29, 0.717) is 6.04 Å². The average molecular weight is 225 g/mol. The van der Waals surface area contributed by atoms with E-state index in [4.69, 9.17) is 0 Å². The fourth-order valence-corrected chi connectivity index (χ4v) is 2.39. The zero-order valence-electron chi connectivity index (χ0n) is 9.71. The molecule has 1 unspecified atom stereocenters. The molecule has 0 radical (unpaired) electrons. The minimum atomic E-state index is 0.336. The summed E-state index contributed by atoms with van der Waals surface area (Å²) in [6.07, 6.45) is 1.91. The molecule has 0 bridgehead atoms. The third-order valence-electron chi connectivity index (χ3n) is 2.24. The smallest absolute Gasteiger partial charge is 0.0801 e. The average Bonchev–Trinajstić information content (AvgIpc) is 2.64. The van der Waals surface area contributed by atoms with E-state index in [9.17, 15) is 0 Å². The van der Waals surface area contributed by atoms with E-state index >= 15 is 0 Å². The molecule has 1 N–H and O–H groups in total. The Balaban J connectivity index is 2.82. The van der Waals surface area contributed by atoms with Gasteiger partial charge < -0.3 is 5.32 Å². The number of hydrogen-bond donors (Lipinski definition) is 1. The topological polar surface area (TPSA) is 37.8 Å². The van der Waals surface area contributed by atoms with E-state index in [1.54, 1.807) is 0 Å². The SMILES string of the molecule is C=C(C)CC(NCC)c1snnc1CC. The normalized spacial score (nSPS) is 12.7. The first kappa shape index (κ1) is 12.3. The van der Waals surface area contributed by atoms with Crippen LogP contribution in [0.1, 0.15) is 43.8 Å². The largest absolute Gasteiger partial charge is 0.309 e. The van der Waals surface area contributed by atoms with Crippen molar-refractivity contribution in [3.63, 3.8) is 0 Å². The molecule has 0 aromatic carbocycles. The molecule has 0 saturated heterocycles. The van der Waals surface area contributed by atoms with E-state index < -0.39 is 0 Å². The molecule has 0 fully saturated rings. The predicted molar refractivity (Wildman–Crippen MR) is 65.1 cm³/mol. The summed E-state index contributed by atoms with van der Waals surface area (Å²) in [7, 11) is 0. The van der Waals surface area contributed by atoms with Crippen molar-refractivity contribution in [2.45, 2.75) is 39.7 Å². The zero-order valence-corrected chi connectivity index (χ0v) is 10.5. The van der Waals surface area contributed by atoms with Gasteiger partial charge in [-0.2, -0.15) is 0 Å². The molecule has 1 heterocycles. The second-order valence-corrected chi connectivity index (χ2v) is 4.49. The van der Waals surface area contributed by atoms with Gasteiger partial charge in [-0.3, -0.25) is 0 Å². The van der Waals surface area contributed by atoms with E-state index in [0.717, 1.165) is 25.1 Å². The number of nitrogens with zero attached hydrogens (tertiary/aromatic N) is 2. The Kier molecular flexibility index (Phi) is 4.91. The molecule has 0 aliphatic carbocycles. The molecular weight excluding hydrogens is 206 g/mol. The summed E-state index contributed by atoms with van der Waals surface area (Å²) >= 11 is 1.50. The van der Waals surface area contributed by atoms with Crippen LogP contribution in [0.5, 0.6) is 0 Å². The maximum absolute atomic E-state index is 4.14. The van der Waals surface area contributed by atoms with Crippen LogP contribution < -0.4 is 5.32 Å². The van der Waals surface area contributed by atoms with Crippen LogP contribution in [0.25, 0.3) is 0 Å². The Labute approximate surface area is 95.8 Å². The lowest BCUT2D eigenvalue weighted by Gasteiger charge is -2.16.